The molecule has 0 N–H and O–H groups in total. The Hall–Kier alpha value is -0.960. The molecule has 0 heterocycles. The summed E-state index contributed by atoms with van der Waals surface area (Å²) >= 11 is 1.56. The van der Waals surface area contributed by atoms with Gasteiger partial charge in [-0.15, -0.1) is 11.8 Å². The minimum atomic E-state index is -0.448. The van der Waals surface area contributed by atoms with Crippen molar-refractivity contribution in [3.05, 3.63) is 29.8 Å². The molecular weight excluding hydrogens is 208 g/mol. The summed E-state index contributed by atoms with van der Waals surface area (Å²) in [4.78, 5) is 12.6. The van der Waals surface area contributed by atoms with Gasteiger partial charge in [-0.25, -0.2) is 4.79 Å². The predicted octanol–water partition coefficient (Wildman–Crippen LogP) is 3.16. The van der Waals surface area contributed by atoms with Crippen LogP contribution in [0.25, 0.3) is 0 Å². The highest BCUT2D eigenvalue weighted by Gasteiger charge is 2.17. The smallest absolute Gasteiger partial charge is 0.338 e. The summed E-state index contributed by atoms with van der Waals surface area (Å²) < 4.78 is 5.26. The second-order valence-corrected chi connectivity index (χ2v) is 5.00. The van der Waals surface area contributed by atoms with Gasteiger partial charge in [0.15, 0.2) is 0 Å². The summed E-state index contributed by atoms with van der Waals surface area (Å²) in [5, 5.41) is 0. The molecule has 3 heteroatoms. The van der Waals surface area contributed by atoms with Gasteiger partial charge in [0.25, 0.3) is 0 Å². The zero-order chi connectivity index (χ0) is 11.5. The van der Waals surface area contributed by atoms with Crippen molar-refractivity contribution in [1.82, 2.24) is 0 Å². The lowest BCUT2D eigenvalue weighted by Gasteiger charge is -2.19. The van der Waals surface area contributed by atoms with Gasteiger partial charge in [-0.1, -0.05) is 6.07 Å². The molecule has 1 rings (SSSR count). The van der Waals surface area contributed by atoms with Crippen molar-refractivity contribution in [2.45, 2.75) is 31.3 Å². The molecule has 0 aliphatic carbocycles. The van der Waals surface area contributed by atoms with Gasteiger partial charge in [-0.3, -0.25) is 0 Å². The van der Waals surface area contributed by atoms with E-state index in [1.54, 1.807) is 30.0 Å². The summed E-state index contributed by atoms with van der Waals surface area (Å²) in [6, 6.07) is 8.28. The lowest BCUT2D eigenvalue weighted by Crippen LogP contribution is -2.23. The number of carbonyl (C=O) groups is 1. The van der Waals surface area contributed by atoms with Crippen molar-refractivity contribution in [3.8, 4) is 0 Å². The highest BCUT2D eigenvalue weighted by molar-refractivity contribution is 7.98. The normalized spacial score (nSPS) is 11.2. The van der Waals surface area contributed by atoms with E-state index in [4.69, 9.17) is 4.74 Å². The fourth-order valence-corrected chi connectivity index (χ4v) is 1.46. The third-order valence-electron chi connectivity index (χ3n) is 1.63. The highest BCUT2D eigenvalue weighted by atomic mass is 32.2. The molecule has 0 spiro atoms. The SMILES string of the molecule is CSc1[c]ccc(C(=O)OC(C)(C)C)c1. The first-order valence-corrected chi connectivity index (χ1v) is 5.94. The number of esters is 1. The Kier molecular flexibility index (Phi) is 3.80. The molecule has 2 nitrogen and oxygen atoms in total. The molecule has 1 radical (unpaired) electrons. The largest absolute Gasteiger partial charge is 0.456 e. The van der Waals surface area contributed by atoms with Crippen molar-refractivity contribution in [3.63, 3.8) is 0 Å². The molecule has 0 fully saturated rings. The topological polar surface area (TPSA) is 26.3 Å². The molecule has 0 aromatic heterocycles. The van der Waals surface area contributed by atoms with Crippen molar-refractivity contribution in [2.24, 2.45) is 0 Å². The van der Waals surface area contributed by atoms with E-state index in [2.05, 4.69) is 6.07 Å². The number of ether oxygens (including phenoxy) is 1. The van der Waals surface area contributed by atoms with Gasteiger partial charge in [0.1, 0.15) is 5.60 Å². The van der Waals surface area contributed by atoms with Crippen LogP contribution < -0.4 is 0 Å². The van der Waals surface area contributed by atoms with Crippen LogP contribution in [0.3, 0.4) is 0 Å². The molecule has 0 aliphatic rings. The standard InChI is InChI=1S/C12H15O2S/c1-12(2,3)14-11(13)9-6-5-7-10(8-9)15-4/h5-6,8H,1-4H3. The summed E-state index contributed by atoms with van der Waals surface area (Å²) in [6.45, 7) is 5.57. The van der Waals surface area contributed by atoms with Gasteiger partial charge in [0.05, 0.1) is 5.56 Å². The maximum absolute atomic E-state index is 11.7. The van der Waals surface area contributed by atoms with E-state index in [9.17, 15) is 4.79 Å². The molecule has 0 atom stereocenters. The van der Waals surface area contributed by atoms with Crippen LogP contribution >= 0.6 is 11.8 Å². The van der Waals surface area contributed by atoms with Gasteiger partial charge in [-0.05, 0) is 45.2 Å². The van der Waals surface area contributed by atoms with Crippen molar-refractivity contribution >= 4 is 17.7 Å². The van der Waals surface area contributed by atoms with Crippen molar-refractivity contribution in [2.75, 3.05) is 6.26 Å². The van der Waals surface area contributed by atoms with Crippen molar-refractivity contribution in [1.29, 1.82) is 0 Å². The average Bonchev–Trinajstić information content (AvgIpc) is 2.15. The Morgan fingerprint density at radius 1 is 1.47 bits per heavy atom. The third-order valence-corrected chi connectivity index (χ3v) is 2.31. The molecule has 0 bridgehead atoms. The molecular formula is C12H15O2S. The molecule has 1 aromatic rings. The van der Waals surface area contributed by atoms with E-state index in [0.717, 1.165) is 4.90 Å². The van der Waals surface area contributed by atoms with Crippen LogP contribution in [0, 0.1) is 6.07 Å². The second-order valence-electron chi connectivity index (χ2n) is 4.15. The number of carbonyl (C=O) groups excluding carboxylic acids is 1. The Balaban J connectivity index is 2.82. The van der Waals surface area contributed by atoms with E-state index < -0.39 is 5.60 Å². The van der Waals surface area contributed by atoms with Crippen molar-refractivity contribution < 1.29 is 9.53 Å². The number of hydrogen-bond donors (Lipinski definition) is 0. The van der Waals surface area contributed by atoms with Crippen LogP contribution in [-0.4, -0.2) is 17.8 Å². The molecule has 15 heavy (non-hydrogen) atoms. The van der Waals surface area contributed by atoms with E-state index in [0.29, 0.717) is 5.56 Å². The first-order chi connectivity index (χ1) is 6.92. The molecule has 81 valence electrons. The minimum Gasteiger partial charge on any atom is -0.456 e. The molecule has 0 saturated carbocycles. The molecule has 0 aliphatic heterocycles. The lowest BCUT2D eigenvalue weighted by molar-refractivity contribution is 0.00693. The maximum atomic E-state index is 11.7. The predicted molar refractivity (Wildman–Crippen MR) is 62.2 cm³/mol. The first kappa shape index (κ1) is 12.1. The zero-order valence-electron chi connectivity index (χ0n) is 9.46. The minimum absolute atomic E-state index is 0.285. The van der Waals surface area contributed by atoms with Crippen LogP contribution in [0.4, 0.5) is 0 Å². The summed E-state index contributed by atoms with van der Waals surface area (Å²) in [6.07, 6.45) is 1.95. The van der Waals surface area contributed by atoms with Crippen LogP contribution in [0.2, 0.25) is 0 Å². The Labute approximate surface area is 95.0 Å². The fraction of sp³-hybridized carbons (Fsp3) is 0.417. The first-order valence-electron chi connectivity index (χ1n) is 4.71. The Morgan fingerprint density at radius 3 is 2.67 bits per heavy atom. The Bertz CT molecular complexity index is 353. The number of hydrogen-bond acceptors (Lipinski definition) is 3. The molecule has 0 saturated heterocycles. The van der Waals surface area contributed by atoms with Crippen LogP contribution in [-0.2, 0) is 4.74 Å². The summed E-state index contributed by atoms with van der Waals surface area (Å²) in [5.41, 5.74) is 0.129. The molecule has 0 unspecified atom stereocenters. The zero-order valence-corrected chi connectivity index (χ0v) is 10.3. The second kappa shape index (κ2) is 4.71. The maximum Gasteiger partial charge on any atom is 0.338 e. The van der Waals surface area contributed by atoms with E-state index >= 15 is 0 Å². The van der Waals surface area contributed by atoms with Gasteiger partial charge < -0.3 is 4.74 Å². The number of thioether (sulfide) groups is 1. The highest BCUT2D eigenvalue weighted by Crippen LogP contribution is 2.17. The lowest BCUT2D eigenvalue weighted by atomic mass is 10.2. The third kappa shape index (κ3) is 3.96. The quantitative estimate of drug-likeness (QED) is 0.569. The van der Waals surface area contributed by atoms with Crippen LogP contribution in [0.5, 0.6) is 0 Å². The monoisotopic (exact) mass is 223 g/mol. The number of rotatable bonds is 2. The molecule has 0 amide bonds. The van der Waals surface area contributed by atoms with Gasteiger partial charge >= 0.3 is 5.97 Å². The summed E-state index contributed by atoms with van der Waals surface area (Å²) in [5.74, 6) is -0.285. The van der Waals surface area contributed by atoms with Gasteiger partial charge in [0, 0.05) is 4.90 Å². The van der Waals surface area contributed by atoms with Crippen LogP contribution in [0.1, 0.15) is 31.1 Å². The number of benzene rings is 1. The van der Waals surface area contributed by atoms with E-state index in [1.165, 1.54) is 0 Å². The van der Waals surface area contributed by atoms with E-state index in [-0.39, 0.29) is 5.97 Å². The molecule has 1 aromatic carbocycles. The fourth-order valence-electron chi connectivity index (χ4n) is 1.03. The van der Waals surface area contributed by atoms with Crippen LogP contribution in [0.15, 0.2) is 23.1 Å². The Morgan fingerprint density at radius 2 is 2.13 bits per heavy atom. The van der Waals surface area contributed by atoms with Gasteiger partial charge in [0.2, 0.25) is 0 Å². The van der Waals surface area contributed by atoms with E-state index in [1.807, 2.05) is 27.0 Å². The average molecular weight is 223 g/mol. The van der Waals surface area contributed by atoms with Gasteiger partial charge in [-0.2, -0.15) is 0 Å². The summed E-state index contributed by atoms with van der Waals surface area (Å²) in [7, 11) is 0.